The maximum absolute atomic E-state index is 13.0. The van der Waals surface area contributed by atoms with Gasteiger partial charge in [0.25, 0.3) is 5.91 Å². The van der Waals surface area contributed by atoms with E-state index < -0.39 is 28.5 Å². The fourth-order valence-corrected chi connectivity index (χ4v) is 2.79. The van der Waals surface area contributed by atoms with Gasteiger partial charge < -0.3 is 5.32 Å². The molecule has 138 valence electrons. The summed E-state index contributed by atoms with van der Waals surface area (Å²) in [5.74, 6) is -1.01. The van der Waals surface area contributed by atoms with Gasteiger partial charge in [-0.05, 0) is 12.1 Å². The van der Waals surface area contributed by atoms with Gasteiger partial charge in [0, 0.05) is 7.05 Å². The molecule has 0 atom stereocenters. The van der Waals surface area contributed by atoms with Gasteiger partial charge in [-0.3, -0.25) is 9.48 Å². The highest BCUT2D eigenvalue weighted by Gasteiger charge is 2.40. The van der Waals surface area contributed by atoms with Gasteiger partial charge in [-0.1, -0.05) is 29.8 Å². The van der Waals surface area contributed by atoms with E-state index >= 15 is 0 Å². The van der Waals surface area contributed by atoms with Crippen LogP contribution >= 0.6 is 11.6 Å². The van der Waals surface area contributed by atoms with Crippen molar-refractivity contribution in [3.8, 4) is 11.8 Å². The summed E-state index contributed by atoms with van der Waals surface area (Å²) in [7, 11) is 1.03. The van der Waals surface area contributed by atoms with Crippen LogP contribution in [0, 0.1) is 11.3 Å². The lowest BCUT2D eigenvalue weighted by Crippen LogP contribution is -2.17. The van der Waals surface area contributed by atoms with E-state index in [0.29, 0.717) is 10.4 Å². The molecule has 0 saturated carbocycles. The molecule has 2 aromatic heterocycles. The van der Waals surface area contributed by atoms with E-state index in [1.165, 1.54) is 10.9 Å². The zero-order valence-electron chi connectivity index (χ0n) is 13.6. The summed E-state index contributed by atoms with van der Waals surface area (Å²) in [4.78, 5) is 12.5. The largest absolute Gasteiger partial charge is 0.434 e. The SMILES string of the molecule is Cn1nc(C(=O)Nc2c(C#N)cnn2-c2ccccc2)c(Cl)c1C(F)(F)F. The lowest BCUT2D eigenvalue weighted by molar-refractivity contribution is -0.143. The third-order valence-electron chi connectivity index (χ3n) is 3.60. The molecule has 0 radical (unpaired) electrons. The van der Waals surface area contributed by atoms with Gasteiger partial charge in [-0.2, -0.15) is 28.6 Å². The first kappa shape index (κ1) is 18.5. The molecule has 0 aliphatic rings. The quantitative estimate of drug-likeness (QED) is 0.737. The number of aryl methyl sites for hydroxylation is 1. The number of nitriles is 1. The molecule has 0 saturated heterocycles. The monoisotopic (exact) mass is 394 g/mol. The second kappa shape index (κ2) is 6.77. The fourth-order valence-electron chi connectivity index (χ4n) is 2.43. The zero-order valence-corrected chi connectivity index (χ0v) is 14.4. The van der Waals surface area contributed by atoms with Crippen molar-refractivity contribution in [1.82, 2.24) is 19.6 Å². The van der Waals surface area contributed by atoms with Gasteiger partial charge in [0.1, 0.15) is 16.7 Å². The van der Waals surface area contributed by atoms with E-state index in [2.05, 4.69) is 15.5 Å². The van der Waals surface area contributed by atoms with E-state index in [-0.39, 0.29) is 11.4 Å². The molecule has 0 unspecified atom stereocenters. The van der Waals surface area contributed by atoms with Gasteiger partial charge >= 0.3 is 6.18 Å². The number of aromatic nitrogens is 4. The number of anilines is 1. The van der Waals surface area contributed by atoms with Crippen LogP contribution in [0.1, 0.15) is 21.7 Å². The predicted molar refractivity (Wildman–Crippen MR) is 89.5 cm³/mol. The first-order valence-electron chi connectivity index (χ1n) is 7.38. The Morgan fingerprint density at radius 2 is 1.96 bits per heavy atom. The Bertz CT molecular complexity index is 1050. The van der Waals surface area contributed by atoms with Crippen molar-refractivity contribution >= 4 is 23.3 Å². The number of halogens is 4. The number of carbonyl (C=O) groups is 1. The van der Waals surface area contributed by atoms with Crippen molar-refractivity contribution in [3.05, 3.63) is 58.5 Å². The van der Waals surface area contributed by atoms with Crippen LogP contribution in [-0.4, -0.2) is 25.5 Å². The minimum Gasteiger partial charge on any atom is -0.304 e. The second-order valence-electron chi connectivity index (χ2n) is 5.35. The summed E-state index contributed by atoms with van der Waals surface area (Å²) < 4.78 is 40.9. The topological polar surface area (TPSA) is 88.5 Å². The molecule has 1 amide bonds. The molecule has 11 heteroatoms. The standard InChI is InChI=1S/C16H10ClF3N6O/c1-25-13(16(18,19)20)11(17)12(24-25)15(27)23-14-9(7-21)8-22-26(14)10-5-3-2-4-6-10/h2-6,8H,1H3,(H,23,27). The van der Waals surface area contributed by atoms with Gasteiger partial charge in [-0.15, -0.1) is 0 Å². The minimum absolute atomic E-state index is 0.0102. The number of carbonyl (C=O) groups excluding carboxylic acids is 1. The van der Waals surface area contributed by atoms with E-state index in [4.69, 9.17) is 11.6 Å². The Hall–Kier alpha value is -3.32. The molecule has 0 bridgehead atoms. The molecule has 3 rings (SSSR count). The fraction of sp³-hybridized carbons (Fsp3) is 0.125. The van der Waals surface area contributed by atoms with Crippen molar-refractivity contribution in [2.24, 2.45) is 7.05 Å². The summed E-state index contributed by atoms with van der Waals surface area (Å²) in [6.07, 6.45) is -3.55. The van der Waals surface area contributed by atoms with E-state index in [1.807, 2.05) is 6.07 Å². The van der Waals surface area contributed by atoms with Gasteiger partial charge in [0.05, 0.1) is 11.9 Å². The number of para-hydroxylation sites is 1. The molecule has 0 aliphatic heterocycles. The first-order chi connectivity index (χ1) is 12.7. The van der Waals surface area contributed by atoms with Crippen LogP contribution in [0.4, 0.5) is 19.0 Å². The molecule has 7 nitrogen and oxygen atoms in total. The Balaban J connectivity index is 2.01. The van der Waals surface area contributed by atoms with Crippen LogP contribution in [-0.2, 0) is 13.2 Å². The van der Waals surface area contributed by atoms with Crippen molar-refractivity contribution in [2.75, 3.05) is 5.32 Å². The summed E-state index contributed by atoms with van der Waals surface area (Å²) in [5.41, 5.74) is -1.30. The Labute approximate surface area is 155 Å². The third kappa shape index (κ3) is 3.37. The maximum Gasteiger partial charge on any atom is 0.434 e. The van der Waals surface area contributed by atoms with E-state index in [0.717, 1.165) is 7.05 Å². The van der Waals surface area contributed by atoms with Crippen LogP contribution < -0.4 is 5.32 Å². The number of benzene rings is 1. The molecule has 0 fully saturated rings. The molecule has 3 aromatic rings. The first-order valence-corrected chi connectivity index (χ1v) is 7.76. The Morgan fingerprint density at radius 1 is 1.30 bits per heavy atom. The maximum atomic E-state index is 13.0. The van der Waals surface area contributed by atoms with Crippen molar-refractivity contribution in [1.29, 1.82) is 5.26 Å². The smallest absolute Gasteiger partial charge is 0.304 e. The number of nitrogens with zero attached hydrogens (tertiary/aromatic N) is 5. The normalized spacial score (nSPS) is 11.3. The molecule has 1 aromatic carbocycles. The molecule has 27 heavy (non-hydrogen) atoms. The molecule has 0 spiro atoms. The lowest BCUT2D eigenvalue weighted by atomic mass is 10.3. The van der Waals surface area contributed by atoms with E-state index in [9.17, 15) is 23.2 Å². The number of alkyl halides is 3. The molecule has 2 heterocycles. The highest BCUT2D eigenvalue weighted by atomic mass is 35.5. The third-order valence-corrected chi connectivity index (χ3v) is 3.95. The summed E-state index contributed by atoms with van der Waals surface area (Å²) in [6, 6.07) is 10.4. The molecular formula is C16H10ClF3N6O. The summed E-state index contributed by atoms with van der Waals surface area (Å²) in [5, 5.41) is 18.3. The lowest BCUT2D eigenvalue weighted by Gasteiger charge is -2.09. The molecular weight excluding hydrogens is 385 g/mol. The van der Waals surface area contributed by atoms with Crippen LogP contribution in [0.3, 0.4) is 0 Å². The van der Waals surface area contributed by atoms with Gasteiger partial charge in [0.15, 0.2) is 17.2 Å². The molecule has 1 N–H and O–H groups in total. The van der Waals surface area contributed by atoms with Crippen LogP contribution in [0.15, 0.2) is 36.5 Å². The molecule has 0 aliphatic carbocycles. The van der Waals surface area contributed by atoms with Crippen LogP contribution in [0.2, 0.25) is 5.02 Å². The van der Waals surface area contributed by atoms with Crippen molar-refractivity contribution < 1.29 is 18.0 Å². The van der Waals surface area contributed by atoms with Crippen molar-refractivity contribution in [2.45, 2.75) is 6.18 Å². The summed E-state index contributed by atoms with van der Waals surface area (Å²) >= 11 is 5.73. The zero-order chi connectivity index (χ0) is 19.8. The second-order valence-corrected chi connectivity index (χ2v) is 5.73. The summed E-state index contributed by atoms with van der Waals surface area (Å²) in [6.45, 7) is 0. The van der Waals surface area contributed by atoms with Gasteiger partial charge in [0.2, 0.25) is 0 Å². The number of amides is 1. The van der Waals surface area contributed by atoms with Crippen LogP contribution in [0.5, 0.6) is 0 Å². The Kier molecular flexibility index (Phi) is 4.63. The Morgan fingerprint density at radius 3 is 2.52 bits per heavy atom. The van der Waals surface area contributed by atoms with E-state index in [1.54, 1.807) is 30.3 Å². The average Bonchev–Trinajstić information content (AvgIpc) is 3.15. The predicted octanol–water partition coefficient (Wildman–Crippen LogP) is 3.40. The number of nitrogens with one attached hydrogen (secondary N) is 1. The van der Waals surface area contributed by atoms with Gasteiger partial charge in [-0.25, -0.2) is 4.68 Å². The number of hydrogen-bond donors (Lipinski definition) is 1. The highest BCUT2D eigenvalue weighted by molar-refractivity contribution is 6.34. The number of rotatable bonds is 3. The average molecular weight is 395 g/mol. The van der Waals surface area contributed by atoms with Crippen LogP contribution in [0.25, 0.3) is 5.69 Å². The highest BCUT2D eigenvalue weighted by Crippen LogP contribution is 2.36. The minimum atomic E-state index is -4.78. The number of hydrogen-bond acceptors (Lipinski definition) is 4. The van der Waals surface area contributed by atoms with Crippen molar-refractivity contribution in [3.63, 3.8) is 0 Å².